The molecule has 10 heteroatoms. The highest BCUT2D eigenvalue weighted by Crippen LogP contribution is 2.40. The van der Waals surface area contributed by atoms with Crippen LogP contribution in [0, 0.1) is 10.1 Å². The number of aromatic nitrogens is 1. The van der Waals surface area contributed by atoms with Gasteiger partial charge in [0.2, 0.25) is 5.91 Å². The van der Waals surface area contributed by atoms with Crippen molar-refractivity contribution in [3.05, 3.63) is 86.4 Å². The van der Waals surface area contributed by atoms with Crippen molar-refractivity contribution in [3.8, 4) is 0 Å². The molecule has 0 unspecified atom stereocenters. The first kappa shape index (κ1) is 25.0. The lowest BCUT2D eigenvalue weighted by molar-refractivity contribution is -0.384. The number of benzene rings is 2. The van der Waals surface area contributed by atoms with Crippen molar-refractivity contribution < 1.29 is 19.2 Å². The van der Waals surface area contributed by atoms with E-state index in [2.05, 4.69) is 9.88 Å². The van der Waals surface area contributed by atoms with Gasteiger partial charge in [-0.05, 0) is 43.4 Å². The number of non-ortho nitro benzene ring substituents is 1. The van der Waals surface area contributed by atoms with E-state index in [1.807, 2.05) is 30.5 Å². The van der Waals surface area contributed by atoms with Crippen molar-refractivity contribution in [2.24, 2.45) is 0 Å². The highest BCUT2D eigenvalue weighted by Gasteiger charge is 2.28. The topological polar surface area (TPSA) is 103 Å². The van der Waals surface area contributed by atoms with Gasteiger partial charge >= 0.3 is 5.97 Å². The molecule has 0 bridgehead atoms. The first-order valence-corrected chi connectivity index (χ1v) is 13.8. The number of thiophene rings is 1. The summed E-state index contributed by atoms with van der Waals surface area (Å²) < 4.78 is 7.34. The van der Waals surface area contributed by atoms with E-state index < -0.39 is 4.92 Å². The number of hydrogen-bond donors (Lipinski definition) is 1. The van der Waals surface area contributed by atoms with Gasteiger partial charge in [-0.2, -0.15) is 0 Å². The Kier molecular flexibility index (Phi) is 7.29. The summed E-state index contributed by atoms with van der Waals surface area (Å²) in [7, 11) is 0. The summed E-state index contributed by atoms with van der Waals surface area (Å²) in [5.74, 6) is -0.363. The van der Waals surface area contributed by atoms with Crippen LogP contribution in [0.5, 0.6) is 0 Å². The molecule has 8 nitrogen and oxygen atoms in total. The number of carbonyl (C=O) groups excluding carboxylic acids is 2. The quantitative estimate of drug-likeness (QED) is 0.121. The summed E-state index contributed by atoms with van der Waals surface area (Å²) in [4.78, 5) is 38.2. The van der Waals surface area contributed by atoms with Crippen LogP contribution in [-0.2, 0) is 28.9 Å². The molecule has 0 fully saturated rings. The van der Waals surface area contributed by atoms with Crippen LogP contribution < -0.4 is 5.32 Å². The summed E-state index contributed by atoms with van der Waals surface area (Å²) in [5.41, 5.74) is 3.55. The maximum Gasteiger partial charge on any atom is 0.341 e. The van der Waals surface area contributed by atoms with Gasteiger partial charge in [0, 0.05) is 45.5 Å². The molecule has 4 aromatic rings. The second kappa shape index (κ2) is 10.8. The molecule has 2 heterocycles. The van der Waals surface area contributed by atoms with Crippen LogP contribution in [0.2, 0.25) is 0 Å². The molecule has 0 aliphatic heterocycles. The third-order valence-electron chi connectivity index (χ3n) is 6.26. The zero-order valence-electron chi connectivity index (χ0n) is 20.2. The van der Waals surface area contributed by atoms with Gasteiger partial charge in [0.05, 0.1) is 22.8 Å². The minimum atomic E-state index is -0.409. The number of nitrogens with one attached hydrogen (secondary N) is 1. The Balaban J connectivity index is 1.31. The number of anilines is 1. The number of fused-ring (bicyclic) bond motifs is 2. The van der Waals surface area contributed by atoms with E-state index in [0.29, 0.717) is 17.1 Å². The highest BCUT2D eigenvalue weighted by atomic mass is 32.2. The Morgan fingerprint density at radius 1 is 1.16 bits per heavy atom. The van der Waals surface area contributed by atoms with E-state index in [1.54, 1.807) is 19.1 Å². The zero-order chi connectivity index (χ0) is 25.9. The van der Waals surface area contributed by atoms with Crippen molar-refractivity contribution >= 4 is 56.6 Å². The van der Waals surface area contributed by atoms with Crippen molar-refractivity contribution in [3.63, 3.8) is 0 Å². The predicted octanol–water partition coefficient (Wildman–Crippen LogP) is 6.06. The second-order valence-electron chi connectivity index (χ2n) is 8.68. The fourth-order valence-corrected chi connectivity index (χ4v) is 6.78. The summed E-state index contributed by atoms with van der Waals surface area (Å²) in [6, 6.07) is 14.5. The van der Waals surface area contributed by atoms with Gasteiger partial charge in [-0.3, -0.25) is 14.9 Å². The zero-order valence-corrected chi connectivity index (χ0v) is 21.8. The number of esters is 1. The molecule has 37 heavy (non-hydrogen) atoms. The van der Waals surface area contributed by atoms with Crippen LogP contribution in [0.15, 0.2) is 59.6 Å². The first-order valence-electron chi connectivity index (χ1n) is 12.0. The number of ether oxygens (including phenoxy) is 1. The van der Waals surface area contributed by atoms with Crippen LogP contribution in [0.1, 0.15) is 39.7 Å². The number of aryl methyl sites for hydroxylation is 1. The van der Waals surface area contributed by atoms with Gasteiger partial charge in [0.15, 0.2) is 0 Å². The van der Waals surface area contributed by atoms with Crippen molar-refractivity contribution in [2.75, 3.05) is 17.7 Å². The van der Waals surface area contributed by atoms with Gasteiger partial charge in [-0.25, -0.2) is 4.79 Å². The van der Waals surface area contributed by atoms with Crippen molar-refractivity contribution in [2.45, 2.75) is 37.6 Å². The molecule has 1 N–H and O–H groups in total. The number of nitro groups is 1. The van der Waals surface area contributed by atoms with Crippen LogP contribution in [0.25, 0.3) is 10.9 Å². The molecule has 1 aliphatic rings. The third-order valence-corrected chi connectivity index (χ3v) is 8.51. The smallest absolute Gasteiger partial charge is 0.341 e. The molecule has 1 aliphatic carbocycles. The van der Waals surface area contributed by atoms with Crippen LogP contribution >= 0.6 is 23.1 Å². The molecule has 2 aromatic heterocycles. The maximum atomic E-state index is 12.9. The normalized spacial score (nSPS) is 12.5. The average Bonchev–Trinajstić information content (AvgIpc) is 3.57. The Labute approximate surface area is 221 Å². The monoisotopic (exact) mass is 535 g/mol. The highest BCUT2D eigenvalue weighted by molar-refractivity contribution is 8.00. The maximum absolute atomic E-state index is 12.9. The molecule has 190 valence electrons. The number of amides is 1. The lowest BCUT2D eigenvalue weighted by atomic mass is 10.1. The Bertz CT molecular complexity index is 1490. The number of nitro benzene ring substituents is 1. The minimum Gasteiger partial charge on any atom is -0.462 e. The van der Waals surface area contributed by atoms with E-state index in [1.165, 1.54) is 35.2 Å². The SMILES string of the molecule is CCOC(=O)c1c(NC(=O)CSc2cn(Cc3ccc([N+](=O)[O-])cc3)c3ccccc23)sc2c1CCC2. The van der Waals surface area contributed by atoms with Crippen LogP contribution in [-0.4, -0.2) is 33.7 Å². The fraction of sp³-hybridized carbons (Fsp3) is 0.259. The molecule has 0 spiro atoms. The molecule has 5 rings (SSSR count). The lowest BCUT2D eigenvalue weighted by Crippen LogP contribution is -2.16. The fourth-order valence-electron chi connectivity index (χ4n) is 4.60. The first-order chi connectivity index (χ1) is 17.9. The molecular formula is C27H25N3O5S2. The number of hydrogen-bond acceptors (Lipinski definition) is 7. The molecule has 0 atom stereocenters. The van der Waals surface area contributed by atoms with Gasteiger partial charge in [0.25, 0.3) is 5.69 Å². The summed E-state index contributed by atoms with van der Waals surface area (Å²) >= 11 is 2.91. The summed E-state index contributed by atoms with van der Waals surface area (Å²) in [5, 5.41) is 15.5. The molecule has 1 amide bonds. The molecule has 0 radical (unpaired) electrons. The van der Waals surface area contributed by atoms with Gasteiger partial charge in [0.1, 0.15) is 5.00 Å². The summed E-state index contributed by atoms with van der Waals surface area (Å²) in [6.45, 7) is 2.61. The third kappa shape index (κ3) is 5.26. The predicted molar refractivity (Wildman–Crippen MR) is 146 cm³/mol. The van der Waals surface area contributed by atoms with Gasteiger partial charge in [-0.1, -0.05) is 30.3 Å². The average molecular weight is 536 g/mol. The van der Waals surface area contributed by atoms with E-state index >= 15 is 0 Å². The Morgan fingerprint density at radius 3 is 2.70 bits per heavy atom. The van der Waals surface area contributed by atoms with Crippen molar-refractivity contribution in [1.29, 1.82) is 0 Å². The number of carbonyl (C=O) groups is 2. The van der Waals surface area contributed by atoms with E-state index in [9.17, 15) is 19.7 Å². The number of thioether (sulfide) groups is 1. The van der Waals surface area contributed by atoms with E-state index in [0.717, 1.165) is 51.1 Å². The van der Waals surface area contributed by atoms with Crippen LogP contribution in [0.3, 0.4) is 0 Å². The standard InChI is InChI=1S/C27H25N3O5S2/c1-2-35-27(32)25-20-7-5-9-22(20)37-26(25)28-24(31)16-36-23-15-29(21-8-4-3-6-19(21)23)14-17-10-12-18(13-11-17)30(33)34/h3-4,6,8,10-13,15H,2,5,7,9,14,16H2,1H3,(H,28,31). The number of rotatable bonds is 9. The lowest BCUT2D eigenvalue weighted by Gasteiger charge is -2.08. The molecule has 0 saturated carbocycles. The largest absolute Gasteiger partial charge is 0.462 e. The van der Waals surface area contributed by atoms with E-state index in [-0.39, 0.29) is 29.9 Å². The van der Waals surface area contributed by atoms with Gasteiger partial charge < -0.3 is 14.6 Å². The number of para-hydroxylation sites is 1. The minimum absolute atomic E-state index is 0.0606. The van der Waals surface area contributed by atoms with Crippen molar-refractivity contribution in [1.82, 2.24) is 4.57 Å². The van der Waals surface area contributed by atoms with Gasteiger partial charge in [-0.15, -0.1) is 23.1 Å². The molecule has 2 aromatic carbocycles. The molecular weight excluding hydrogens is 510 g/mol. The van der Waals surface area contributed by atoms with Crippen LogP contribution in [0.4, 0.5) is 10.7 Å². The second-order valence-corrected chi connectivity index (χ2v) is 10.8. The molecule has 0 saturated heterocycles. The summed E-state index contributed by atoms with van der Waals surface area (Å²) in [6.07, 6.45) is 4.78. The Hall–Kier alpha value is -3.63. The number of nitrogens with zero attached hydrogens (tertiary/aromatic N) is 2. The Morgan fingerprint density at radius 2 is 1.95 bits per heavy atom. The van der Waals surface area contributed by atoms with E-state index in [4.69, 9.17) is 4.74 Å².